The number of halogens is 3. The molecule has 6 heteroatoms. The molecule has 0 saturated heterocycles. The van der Waals surface area contributed by atoms with Gasteiger partial charge in [0, 0.05) is 5.69 Å². The van der Waals surface area contributed by atoms with Gasteiger partial charge >= 0.3 is 5.97 Å². The van der Waals surface area contributed by atoms with Gasteiger partial charge in [0.05, 0.1) is 15.6 Å². The number of hydrogen-bond donors (Lipinski definition) is 1. The van der Waals surface area contributed by atoms with Crippen LogP contribution in [0.15, 0.2) is 36.4 Å². The van der Waals surface area contributed by atoms with Gasteiger partial charge in [0.2, 0.25) is 0 Å². The molecule has 20 heavy (non-hydrogen) atoms. The van der Waals surface area contributed by atoms with E-state index in [1.165, 1.54) is 12.1 Å². The Morgan fingerprint density at radius 1 is 1.15 bits per heavy atom. The van der Waals surface area contributed by atoms with Crippen molar-refractivity contribution in [2.45, 2.75) is 6.61 Å². The van der Waals surface area contributed by atoms with Crippen LogP contribution in [0.2, 0.25) is 10.0 Å². The summed E-state index contributed by atoms with van der Waals surface area (Å²) in [4.78, 5) is 11.8. The van der Waals surface area contributed by atoms with Crippen LogP contribution in [0.4, 0.5) is 10.1 Å². The van der Waals surface area contributed by atoms with Crippen LogP contribution < -0.4 is 5.73 Å². The normalized spacial score (nSPS) is 10.3. The lowest BCUT2D eigenvalue weighted by molar-refractivity contribution is 0.0467. The van der Waals surface area contributed by atoms with E-state index in [9.17, 15) is 9.18 Å². The van der Waals surface area contributed by atoms with Crippen molar-refractivity contribution in [2.24, 2.45) is 0 Å². The molecule has 2 rings (SSSR count). The van der Waals surface area contributed by atoms with Gasteiger partial charge in [-0.3, -0.25) is 0 Å². The van der Waals surface area contributed by atoms with Crippen molar-refractivity contribution >= 4 is 34.9 Å². The van der Waals surface area contributed by atoms with Crippen LogP contribution in [0.5, 0.6) is 0 Å². The third-order valence-corrected chi connectivity index (χ3v) is 3.30. The highest BCUT2D eigenvalue weighted by Gasteiger charge is 2.14. The van der Waals surface area contributed by atoms with Crippen molar-refractivity contribution in [2.75, 3.05) is 5.73 Å². The molecule has 0 unspecified atom stereocenters. The van der Waals surface area contributed by atoms with E-state index in [-0.39, 0.29) is 17.9 Å². The lowest BCUT2D eigenvalue weighted by Crippen LogP contribution is -2.08. The summed E-state index contributed by atoms with van der Waals surface area (Å²) >= 11 is 11.6. The first kappa shape index (κ1) is 14.6. The molecule has 2 aromatic rings. The van der Waals surface area contributed by atoms with E-state index >= 15 is 0 Å². The van der Waals surface area contributed by atoms with Crippen molar-refractivity contribution in [3.05, 3.63) is 63.4 Å². The van der Waals surface area contributed by atoms with Crippen LogP contribution in [0.25, 0.3) is 0 Å². The molecule has 0 aliphatic heterocycles. The number of hydrogen-bond acceptors (Lipinski definition) is 3. The molecule has 0 amide bonds. The lowest BCUT2D eigenvalue weighted by atomic mass is 10.2. The van der Waals surface area contributed by atoms with Crippen molar-refractivity contribution in [3.8, 4) is 0 Å². The van der Waals surface area contributed by atoms with Gasteiger partial charge in [-0.05, 0) is 35.9 Å². The second-order valence-corrected chi connectivity index (χ2v) is 4.88. The smallest absolute Gasteiger partial charge is 0.341 e. The molecule has 2 aromatic carbocycles. The van der Waals surface area contributed by atoms with Crippen LogP contribution in [-0.4, -0.2) is 5.97 Å². The average Bonchev–Trinajstić information content (AvgIpc) is 2.42. The molecule has 0 radical (unpaired) electrons. The fraction of sp³-hybridized carbons (Fsp3) is 0.0714. The predicted octanol–water partition coefficient (Wildman–Crippen LogP) is 4.07. The van der Waals surface area contributed by atoms with Crippen LogP contribution in [0.1, 0.15) is 15.9 Å². The maximum absolute atomic E-state index is 13.5. The number of esters is 1. The first-order valence-corrected chi connectivity index (χ1v) is 6.39. The molecule has 104 valence electrons. The second kappa shape index (κ2) is 6.11. The molecule has 0 heterocycles. The maximum Gasteiger partial charge on any atom is 0.341 e. The topological polar surface area (TPSA) is 52.3 Å². The Morgan fingerprint density at radius 2 is 1.90 bits per heavy atom. The van der Waals surface area contributed by atoms with Gasteiger partial charge in [0.25, 0.3) is 0 Å². The summed E-state index contributed by atoms with van der Waals surface area (Å²) in [6, 6.07) is 8.54. The fourth-order valence-electron chi connectivity index (χ4n) is 1.56. The zero-order valence-corrected chi connectivity index (χ0v) is 11.7. The minimum absolute atomic E-state index is 0.0377. The predicted molar refractivity (Wildman–Crippen MR) is 76.4 cm³/mol. The number of carbonyl (C=O) groups excluding carboxylic acids is 1. The Morgan fingerprint density at radius 3 is 2.60 bits per heavy atom. The second-order valence-electron chi connectivity index (χ2n) is 4.06. The molecule has 0 atom stereocenters. The highest BCUT2D eigenvalue weighted by Crippen LogP contribution is 2.23. The van der Waals surface area contributed by atoms with E-state index in [1.54, 1.807) is 18.2 Å². The number of anilines is 1. The van der Waals surface area contributed by atoms with Gasteiger partial charge in [-0.15, -0.1) is 0 Å². The molecule has 0 aliphatic rings. The summed E-state index contributed by atoms with van der Waals surface area (Å²) in [5.41, 5.74) is 6.23. The zero-order valence-electron chi connectivity index (χ0n) is 10.2. The van der Waals surface area contributed by atoms with Gasteiger partial charge in [0.15, 0.2) is 0 Å². The molecule has 3 nitrogen and oxygen atoms in total. The summed E-state index contributed by atoms with van der Waals surface area (Å²) in [6.07, 6.45) is 0. The molecule has 0 spiro atoms. The molecule has 0 aliphatic carbocycles. The number of rotatable bonds is 3. The molecule has 0 aromatic heterocycles. The monoisotopic (exact) mass is 313 g/mol. The van der Waals surface area contributed by atoms with Gasteiger partial charge < -0.3 is 10.5 Å². The third kappa shape index (κ3) is 3.40. The Bertz CT molecular complexity index is 662. The van der Waals surface area contributed by atoms with Crippen LogP contribution in [0.3, 0.4) is 0 Å². The summed E-state index contributed by atoms with van der Waals surface area (Å²) in [6.45, 7) is -0.0377. The number of nitrogens with two attached hydrogens (primary N) is 1. The van der Waals surface area contributed by atoms with Crippen molar-refractivity contribution < 1.29 is 13.9 Å². The largest absolute Gasteiger partial charge is 0.457 e. The number of carbonyl (C=O) groups is 1. The number of nitrogen functional groups attached to an aromatic ring is 1. The van der Waals surface area contributed by atoms with Crippen molar-refractivity contribution in [1.29, 1.82) is 0 Å². The number of ether oxygens (including phenoxy) is 1. The van der Waals surface area contributed by atoms with Crippen molar-refractivity contribution in [1.82, 2.24) is 0 Å². The van der Waals surface area contributed by atoms with E-state index < -0.39 is 11.8 Å². The first-order chi connectivity index (χ1) is 9.47. The summed E-state index contributed by atoms with van der Waals surface area (Å²) in [7, 11) is 0. The average molecular weight is 314 g/mol. The minimum Gasteiger partial charge on any atom is -0.457 e. The Kier molecular flexibility index (Phi) is 4.47. The van der Waals surface area contributed by atoms with Gasteiger partial charge in [-0.1, -0.05) is 29.3 Å². The maximum atomic E-state index is 13.5. The van der Waals surface area contributed by atoms with Gasteiger partial charge in [0.1, 0.15) is 12.4 Å². The van der Waals surface area contributed by atoms with Crippen LogP contribution in [-0.2, 0) is 11.3 Å². The minimum atomic E-state index is -0.791. The Labute approximate surface area is 125 Å². The summed E-state index contributed by atoms with van der Waals surface area (Å²) < 4.78 is 18.5. The van der Waals surface area contributed by atoms with E-state index in [2.05, 4.69) is 0 Å². The molecule has 2 N–H and O–H groups in total. The molecule has 0 fully saturated rings. The van der Waals surface area contributed by atoms with Crippen molar-refractivity contribution in [3.63, 3.8) is 0 Å². The van der Waals surface area contributed by atoms with Gasteiger partial charge in [-0.25, -0.2) is 9.18 Å². The quantitative estimate of drug-likeness (QED) is 0.686. The van der Waals surface area contributed by atoms with E-state index in [0.29, 0.717) is 15.6 Å². The fourth-order valence-corrected chi connectivity index (χ4v) is 1.88. The van der Waals surface area contributed by atoms with Crippen LogP contribution >= 0.6 is 23.2 Å². The lowest BCUT2D eigenvalue weighted by Gasteiger charge is -2.07. The first-order valence-electron chi connectivity index (χ1n) is 5.63. The molecule has 0 bridgehead atoms. The standard InChI is InChI=1S/C14H10Cl2FNO2/c15-11-3-1-8(5-12(11)16)7-20-14(19)10-6-9(18)2-4-13(10)17/h1-6H,7,18H2. The summed E-state index contributed by atoms with van der Waals surface area (Å²) in [5.74, 6) is -1.47. The van der Waals surface area contributed by atoms with Gasteiger partial charge in [-0.2, -0.15) is 0 Å². The molecular formula is C14H10Cl2FNO2. The molecular weight excluding hydrogens is 304 g/mol. The summed E-state index contributed by atoms with van der Waals surface area (Å²) in [5, 5.41) is 0.763. The zero-order chi connectivity index (χ0) is 14.7. The highest BCUT2D eigenvalue weighted by molar-refractivity contribution is 6.42. The Hall–Kier alpha value is -1.78. The SMILES string of the molecule is Nc1ccc(F)c(C(=O)OCc2ccc(Cl)c(Cl)c2)c1. The van der Waals surface area contributed by atoms with E-state index in [0.717, 1.165) is 6.07 Å². The number of benzene rings is 2. The third-order valence-electron chi connectivity index (χ3n) is 2.56. The molecule has 0 saturated carbocycles. The van der Waals surface area contributed by atoms with E-state index in [1.807, 2.05) is 0 Å². The highest BCUT2D eigenvalue weighted by atomic mass is 35.5. The van der Waals surface area contributed by atoms with Crippen LogP contribution in [0, 0.1) is 5.82 Å². The van der Waals surface area contributed by atoms with E-state index in [4.69, 9.17) is 33.7 Å². The Balaban J connectivity index is 2.08.